The third kappa shape index (κ3) is 3.70. The van der Waals surface area contributed by atoms with Gasteiger partial charge in [-0.1, -0.05) is 19.3 Å². The molecule has 1 saturated carbocycles. The Kier molecular flexibility index (Phi) is 4.46. The van der Waals surface area contributed by atoms with Gasteiger partial charge in [0.05, 0.1) is 11.9 Å². The molecular weight excluding hydrogens is 264 g/mol. The van der Waals surface area contributed by atoms with Gasteiger partial charge in [0.2, 0.25) is 10.0 Å². The number of aryl methyl sites for hydroxylation is 1. The van der Waals surface area contributed by atoms with Crippen molar-refractivity contribution < 1.29 is 8.42 Å². The van der Waals surface area contributed by atoms with Crippen LogP contribution in [0.25, 0.3) is 0 Å². The third-order valence-corrected chi connectivity index (χ3v) is 5.08. The molecule has 0 spiro atoms. The number of aromatic nitrogens is 2. The highest BCUT2D eigenvalue weighted by Crippen LogP contribution is 2.25. The number of hydrogen-bond donors (Lipinski definition) is 2. The van der Waals surface area contributed by atoms with Gasteiger partial charge in [0, 0.05) is 19.2 Å². The van der Waals surface area contributed by atoms with Gasteiger partial charge in [-0.3, -0.25) is 9.40 Å². The van der Waals surface area contributed by atoms with Crippen LogP contribution in [0.15, 0.2) is 6.20 Å². The van der Waals surface area contributed by atoms with Crippen LogP contribution in [0.5, 0.6) is 0 Å². The summed E-state index contributed by atoms with van der Waals surface area (Å²) < 4.78 is 28.5. The van der Waals surface area contributed by atoms with Crippen molar-refractivity contribution in [1.29, 1.82) is 0 Å². The molecule has 7 heteroatoms. The van der Waals surface area contributed by atoms with Crippen molar-refractivity contribution in [2.75, 3.05) is 10.5 Å². The van der Waals surface area contributed by atoms with Gasteiger partial charge in [0.15, 0.2) is 0 Å². The van der Waals surface area contributed by atoms with E-state index < -0.39 is 10.0 Å². The van der Waals surface area contributed by atoms with Crippen molar-refractivity contribution in [3.8, 4) is 0 Å². The topological polar surface area (TPSA) is 90.0 Å². The molecule has 0 saturated heterocycles. The highest BCUT2D eigenvalue weighted by molar-refractivity contribution is 7.92. The first-order valence-electron chi connectivity index (χ1n) is 6.73. The first-order valence-corrected chi connectivity index (χ1v) is 8.38. The van der Waals surface area contributed by atoms with Gasteiger partial charge in [-0.05, 0) is 18.8 Å². The van der Waals surface area contributed by atoms with Crippen molar-refractivity contribution in [3.05, 3.63) is 11.8 Å². The molecule has 0 aromatic carbocycles. The zero-order valence-electron chi connectivity index (χ0n) is 11.3. The summed E-state index contributed by atoms with van der Waals surface area (Å²) in [5.74, 6) is 0.960. The maximum atomic E-state index is 12.2. The van der Waals surface area contributed by atoms with Gasteiger partial charge in [0.25, 0.3) is 0 Å². The molecule has 0 atom stereocenters. The van der Waals surface area contributed by atoms with Crippen molar-refractivity contribution in [3.63, 3.8) is 0 Å². The van der Waals surface area contributed by atoms with Crippen LogP contribution in [0.2, 0.25) is 0 Å². The Labute approximate surface area is 114 Å². The lowest BCUT2D eigenvalue weighted by molar-refractivity contribution is 0.385. The minimum absolute atomic E-state index is 0.197. The van der Waals surface area contributed by atoms with Gasteiger partial charge in [-0.25, -0.2) is 8.42 Å². The minimum Gasteiger partial charge on any atom is -0.326 e. The van der Waals surface area contributed by atoms with E-state index >= 15 is 0 Å². The average Bonchev–Trinajstić information content (AvgIpc) is 2.70. The number of nitrogens with zero attached hydrogens (tertiary/aromatic N) is 2. The molecule has 1 aliphatic carbocycles. The Bertz CT molecular complexity index is 518. The van der Waals surface area contributed by atoms with Crippen molar-refractivity contribution in [1.82, 2.24) is 9.78 Å². The lowest BCUT2D eigenvalue weighted by Gasteiger charge is -2.21. The molecule has 1 aromatic heterocycles. The van der Waals surface area contributed by atoms with Crippen LogP contribution in [0.1, 0.15) is 37.7 Å². The van der Waals surface area contributed by atoms with Gasteiger partial charge < -0.3 is 5.73 Å². The average molecular weight is 286 g/mol. The summed E-state index contributed by atoms with van der Waals surface area (Å²) in [6.45, 7) is 0.273. The molecule has 0 amide bonds. The van der Waals surface area contributed by atoms with E-state index in [1.165, 1.54) is 11.1 Å². The third-order valence-electron chi connectivity index (χ3n) is 3.67. The summed E-state index contributed by atoms with van der Waals surface area (Å²) in [7, 11) is -1.62. The fraction of sp³-hybridized carbons (Fsp3) is 0.750. The largest absolute Gasteiger partial charge is 0.326 e. The molecule has 1 fully saturated rings. The Morgan fingerprint density at radius 1 is 1.42 bits per heavy atom. The normalized spacial score (nSPS) is 17.6. The van der Waals surface area contributed by atoms with E-state index in [1.54, 1.807) is 13.2 Å². The number of rotatable bonds is 5. The summed E-state index contributed by atoms with van der Waals surface area (Å²) in [5, 5.41) is 4.03. The van der Waals surface area contributed by atoms with Gasteiger partial charge in [0.1, 0.15) is 5.82 Å². The van der Waals surface area contributed by atoms with Crippen molar-refractivity contribution >= 4 is 15.8 Å². The zero-order valence-corrected chi connectivity index (χ0v) is 12.1. The van der Waals surface area contributed by atoms with E-state index in [0.29, 0.717) is 5.82 Å². The molecule has 2 rings (SSSR count). The second-order valence-corrected chi connectivity index (χ2v) is 7.00. The summed E-state index contributed by atoms with van der Waals surface area (Å²) in [6, 6.07) is 0. The zero-order chi connectivity index (χ0) is 13.9. The van der Waals surface area contributed by atoms with Crippen LogP contribution in [-0.2, 0) is 23.6 Å². The fourth-order valence-corrected chi connectivity index (χ4v) is 4.21. The van der Waals surface area contributed by atoms with Crippen LogP contribution in [0.3, 0.4) is 0 Å². The summed E-state index contributed by atoms with van der Waals surface area (Å²) in [4.78, 5) is 0. The number of sulfonamides is 1. The molecule has 19 heavy (non-hydrogen) atoms. The molecule has 0 bridgehead atoms. The Balaban J connectivity index is 2.05. The van der Waals surface area contributed by atoms with E-state index in [1.807, 2.05) is 0 Å². The second kappa shape index (κ2) is 5.92. The molecule has 3 N–H and O–H groups in total. The molecule has 0 radical (unpaired) electrons. The molecule has 1 heterocycles. The van der Waals surface area contributed by atoms with Crippen molar-refractivity contribution in [2.24, 2.45) is 18.7 Å². The predicted octanol–water partition coefficient (Wildman–Crippen LogP) is 1.20. The van der Waals surface area contributed by atoms with Crippen LogP contribution >= 0.6 is 0 Å². The van der Waals surface area contributed by atoms with E-state index in [4.69, 9.17) is 5.73 Å². The lowest BCUT2D eigenvalue weighted by Crippen LogP contribution is -2.25. The minimum atomic E-state index is -3.33. The van der Waals surface area contributed by atoms with E-state index in [-0.39, 0.29) is 18.2 Å². The summed E-state index contributed by atoms with van der Waals surface area (Å²) in [6.07, 6.45) is 7.12. The predicted molar refractivity (Wildman–Crippen MR) is 75.1 cm³/mol. The summed E-state index contributed by atoms with van der Waals surface area (Å²) >= 11 is 0. The molecule has 1 aliphatic rings. The molecule has 1 aromatic rings. The number of nitrogens with one attached hydrogen (secondary N) is 1. The fourth-order valence-electron chi connectivity index (χ4n) is 2.62. The lowest BCUT2D eigenvalue weighted by atomic mass is 9.91. The summed E-state index contributed by atoms with van der Waals surface area (Å²) in [5.41, 5.74) is 6.30. The Hall–Kier alpha value is -1.08. The Morgan fingerprint density at radius 2 is 2.11 bits per heavy atom. The Morgan fingerprint density at radius 3 is 2.74 bits per heavy atom. The van der Waals surface area contributed by atoms with Crippen LogP contribution in [0.4, 0.5) is 5.82 Å². The van der Waals surface area contributed by atoms with E-state index in [2.05, 4.69) is 9.82 Å². The number of anilines is 1. The number of hydrogen-bond acceptors (Lipinski definition) is 4. The monoisotopic (exact) mass is 286 g/mol. The molecule has 0 aliphatic heterocycles. The highest BCUT2D eigenvalue weighted by atomic mass is 32.2. The highest BCUT2D eigenvalue weighted by Gasteiger charge is 2.23. The smallest absolute Gasteiger partial charge is 0.234 e. The molecule has 6 nitrogen and oxygen atoms in total. The maximum Gasteiger partial charge on any atom is 0.234 e. The standard InChI is InChI=1S/C12H22N4O2S/c1-16-12(11(7-13)8-14-16)15-19(17,18)9-10-5-3-2-4-6-10/h8,10,15H,2-7,9,13H2,1H3. The second-order valence-electron chi connectivity index (χ2n) is 5.23. The molecule has 0 unspecified atom stereocenters. The molecule has 108 valence electrons. The van der Waals surface area contributed by atoms with Crippen LogP contribution in [0, 0.1) is 5.92 Å². The van der Waals surface area contributed by atoms with E-state index in [9.17, 15) is 8.42 Å². The van der Waals surface area contributed by atoms with Crippen LogP contribution < -0.4 is 10.5 Å². The first-order chi connectivity index (χ1) is 9.02. The van der Waals surface area contributed by atoms with E-state index in [0.717, 1.165) is 31.2 Å². The van der Waals surface area contributed by atoms with Crippen molar-refractivity contribution in [2.45, 2.75) is 38.6 Å². The quantitative estimate of drug-likeness (QED) is 0.851. The van der Waals surface area contributed by atoms with Gasteiger partial charge >= 0.3 is 0 Å². The number of nitrogens with two attached hydrogens (primary N) is 1. The molecular formula is C12H22N4O2S. The van der Waals surface area contributed by atoms with Gasteiger partial charge in [-0.2, -0.15) is 5.10 Å². The SMILES string of the molecule is Cn1ncc(CN)c1NS(=O)(=O)CC1CCCCC1. The first kappa shape index (κ1) is 14.3. The maximum absolute atomic E-state index is 12.2. The van der Waals surface area contributed by atoms with Crippen LogP contribution in [-0.4, -0.2) is 24.0 Å². The van der Waals surface area contributed by atoms with Gasteiger partial charge in [-0.15, -0.1) is 0 Å².